The predicted molar refractivity (Wildman–Crippen MR) is 112 cm³/mol. The van der Waals surface area contributed by atoms with E-state index in [1.54, 1.807) is 48.5 Å². The fraction of sp³-hybridized carbons (Fsp3) is 0.350. The fourth-order valence-electron chi connectivity index (χ4n) is 2.55. The molecule has 0 aromatic heterocycles. The molecule has 7 heteroatoms. The minimum absolute atomic E-state index is 0.162. The fourth-order valence-corrected chi connectivity index (χ4v) is 4.23. The number of rotatable bonds is 9. The molecule has 0 aliphatic heterocycles. The lowest BCUT2D eigenvalue weighted by atomic mass is 10.2. The van der Waals surface area contributed by atoms with Crippen LogP contribution in [0.3, 0.4) is 0 Å². The first-order chi connectivity index (χ1) is 12.8. The third-order valence-electron chi connectivity index (χ3n) is 4.11. The number of benzene rings is 2. The Balaban J connectivity index is 2.28. The molecule has 0 aliphatic carbocycles. The third kappa shape index (κ3) is 6.07. The average Bonchev–Trinajstić information content (AvgIpc) is 2.64. The first-order valence-corrected chi connectivity index (χ1v) is 11.2. The molecule has 0 heterocycles. The van der Waals surface area contributed by atoms with Gasteiger partial charge in [0.1, 0.15) is 6.54 Å². The smallest absolute Gasteiger partial charge is 0.264 e. The Morgan fingerprint density at radius 2 is 1.67 bits per heavy atom. The topological polar surface area (TPSA) is 66.5 Å². The number of halogens is 1. The second-order valence-corrected chi connectivity index (χ2v) is 9.14. The second kappa shape index (κ2) is 9.90. The normalized spacial score (nSPS) is 11.2. The van der Waals surface area contributed by atoms with Gasteiger partial charge in [-0.05, 0) is 49.7 Å². The van der Waals surface area contributed by atoms with Gasteiger partial charge in [0.25, 0.3) is 10.0 Å². The van der Waals surface area contributed by atoms with E-state index in [1.807, 2.05) is 6.92 Å². The van der Waals surface area contributed by atoms with Gasteiger partial charge in [-0.1, -0.05) is 53.4 Å². The molecule has 0 unspecified atom stereocenters. The summed E-state index contributed by atoms with van der Waals surface area (Å²) in [6, 6.07) is 13.5. The highest BCUT2D eigenvalue weighted by molar-refractivity contribution is 9.10. The Kier molecular flexibility index (Phi) is 7.86. The molecule has 0 bridgehead atoms. The van der Waals surface area contributed by atoms with Gasteiger partial charge in [-0.25, -0.2) is 8.42 Å². The zero-order chi connectivity index (χ0) is 19.9. The Morgan fingerprint density at radius 1 is 1.04 bits per heavy atom. The summed E-state index contributed by atoms with van der Waals surface area (Å²) in [5, 5.41) is 2.81. The largest absolute Gasteiger partial charge is 0.355 e. The summed E-state index contributed by atoms with van der Waals surface area (Å²) < 4.78 is 28.3. The molecule has 5 nitrogen and oxygen atoms in total. The van der Waals surface area contributed by atoms with Gasteiger partial charge in [0.05, 0.1) is 10.6 Å². The number of anilines is 1. The molecule has 0 aliphatic rings. The van der Waals surface area contributed by atoms with Crippen molar-refractivity contribution in [2.75, 3.05) is 17.4 Å². The summed E-state index contributed by atoms with van der Waals surface area (Å²) in [7, 11) is -3.86. The number of aryl methyl sites for hydroxylation is 1. The molecule has 146 valence electrons. The number of carbonyl (C=O) groups excluding carboxylic acids is 1. The van der Waals surface area contributed by atoms with Gasteiger partial charge >= 0.3 is 0 Å². The molecule has 0 spiro atoms. The van der Waals surface area contributed by atoms with E-state index in [0.29, 0.717) is 12.2 Å². The van der Waals surface area contributed by atoms with Crippen LogP contribution >= 0.6 is 15.9 Å². The van der Waals surface area contributed by atoms with Crippen molar-refractivity contribution in [3.63, 3.8) is 0 Å². The lowest BCUT2D eigenvalue weighted by Crippen LogP contribution is -2.41. The average molecular weight is 453 g/mol. The number of nitrogens with one attached hydrogen (secondary N) is 1. The van der Waals surface area contributed by atoms with Gasteiger partial charge in [0.15, 0.2) is 0 Å². The lowest BCUT2D eigenvalue weighted by Gasteiger charge is -2.24. The van der Waals surface area contributed by atoms with E-state index in [9.17, 15) is 13.2 Å². The molecule has 0 radical (unpaired) electrons. The zero-order valence-electron chi connectivity index (χ0n) is 15.6. The number of amides is 1. The summed E-state index contributed by atoms with van der Waals surface area (Å²) in [5.74, 6) is -0.315. The maximum atomic E-state index is 13.2. The molecule has 0 atom stereocenters. The Bertz CT molecular complexity index is 850. The summed E-state index contributed by atoms with van der Waals surface area (Å²) in [6.45, 7) is 4.27. The van der Waals surface area contributed by atoms with Crippen molar-refractivity contribution >= 4 is 37.5 Å². The van der Waals surface area contributed by atoms with Crippen LogP contribution in [0.2, 0.25) is 0 Å². The second-order valence-electron chi connectivity index (χ2n) is 6.36. The van der Waals surface area contributed by atoms with Gasteiger partial charge < -0.3 is 5.32 Å². The van der Waals surface area contributed by atoms with Crippen LogP contribution in [-0.2, 0) is 14.8 Å². The Morgan fingerprint density at radius 3 is 2.26 bits per heavy atom. The van der Waals surface area contributed by atoms with Gasteiger partial charge in [0.2, 0.25) is 5.91 Å². The van der Waals surface area contributed by atoms with Crippen LogP contribution in [0.25, 0.3) is 0 Å². The van der Waals surface area contributed by atoms with Crippen LogP contribution in [0.1, 0.15) is 31.7 Å². The van der Waals surface area contributed by atoms with E-state index in [1.165, 1.54) is 0 Å². The molecule has 2 aromatic carbocycles. The number of sulfonamides is 1. The van der Waals surface area contributed by atoms with Crippen LogP contribution in [-0.4, -0.2) is 27.4 Å². The lowest BCUT2D eigenvalue weighted by molar-refractivity contribution is -0.119. The molecular weight excluding hydrogens is 428 g/mol. The van der Waals surface area contributed by atoms with Crippen molar-refractivity contribution in [1.29, 1.82) is 0 Å². The molecule has 0 fully saturated rings. The van der Waals surface area contributed by atoms with Gasteiger partial charge in [-0.3, -0.25) is 9.10 Å². The van der Waals surface area contributed by atoms with Crippen molar-refractivity contribution in [2.24, 2.45) is 0 Å². The molecular formula is C20H25BrN2O3S. The van der Waals surface area contributed by atoms with Crippen molar-refractivity contribution < 1.29 is 13.2 Å². The van der Waals surface area contributed by atoms with Crippen LogP contribution in [0, 0.1) is 6.92 Å². The summed E-state index contributed by atoms with van der Waals surface area (Å²) in [6.07, 6.45) is 2.96. The Labute approximate surface area is 170 Å². The molecule has 2 aromatic rings. The van der Waals surface area contributed by atoms with Crippen molar-refractivity contribution in [3.8, 4) is 0 Å². The molecule has 0 saturated carbocycles. The molecule has 27 heavy (non-hydrogen) atoms. The van der Waals surface area contributed by atoms with E-state index in [4.69, 9.17) is 0 Å². The molecule has 2 rings (SSSR count). The van der Waals surface area contributed by atoms with Gasteiger partial charge in [-0.15, -0.1) is 0 Å². The highest BCUT2D eigenvalue weighted by Gasteiger charge is 2.27. The number of carbonyl (C=O) groups is 1. The highest BCUT2D eigenvalue weighted by Crippen LogP contribution is 2.25. The van der Waals surface area contributed by atoms with Crippen LogP contribution in [0.5, 0.6) is 0 Å². The van der Waals surface area contributed by atoms with Crippen molar-refractivity contribution in [3.05, 3.63) is 58.6 Å². The van der Waals surface area contributed by atoms with Crippen LogP contribution in [0.15, 0.2) is 57.9 Å². The minimum atomic E-state index is -3.86. The maximum absolute atomic E-state index is 13.2. The van der Waals surface area contributed by atoms with Crippen LogP contribution in [0.4, 0.5) is 5.69 Å². The SMILES string of the molecule is CCCCCNC(=O)CN(c1ccc(Br)cc1)S(=O)(=O)c1ccc(C)cc1. The number of hydrogen-bond acceptors (Lipinski definition) is 3. The number of hydrogen-bond donors (Lipinski definition) is 1. The van der Waals surface area contributed by atoms with E-state index in [-0.39, 0.29) is 17.3 Å². The Hall–Kier alpha value is -1.86. The van der Waals surface area contributed by atoms with Crippen molar-refractivity contribution in [2.45, 2.75) is 38.0 Å². The number of unbranched alkanes of at least 4 members (excludes halogenated alkanes) is 2. The molecule has 0 saturated heterocycles. The highest BCUT2D eigenvalue weighted by atomic mass is 79.9. The molecule has 1 N–H and O–H groups in total. The van der Waals surface area contributed by atoms with Gasteiger partial charge in [0, 0.05) is 11.0 Å². The van der Waals surface area contributed by atoms with Crippen LogP contribution < -0.4 is 9.62 Å². The molecule has 1 amide bonds. The first-order valence-electron chi connectivity index (χ1n) is 8.96. The minimum Gasteiger partial charge on any atom is -0.355 e. The first kappa shape index (κ1) is 21.4. The van der Waals surface area contributed by atoms with Gasteiger partial charge in [-0.2, -0.15) is 0 Å². The third-order valence-corrected chi connectivity index (χ3v) is 6.43. The quantitative estimate of drug-likeness (QED) is 0.577. The van der Waals surface area contributed by atoms with E-state index >= 15 is 0 Å². The monoisotopic (exact) mass is 452 g/mol. The summed E-state index contributed by atoms with van der Waals surface area (Å²) >= 11 is 3.35. The van der Waals surface area contributed by atoms with Crippen molar-refractivity contribution in [1.82, 2.24) is 5.32 Å². The summed E-state index contributed by atoms with van der Waals surface area (Å²) in [4.78, 5) is 12.5. The predicted octanol–water partition coefficient (Wildman–Crippen LogP) is 4.26. The van der Waals surface area contributed by atoms with E-state index in [2.05, 4.69) is 28.2 Å². The number of nitrogens with zero attached hydrogens (tertiary/aromatic N) is 1. The summed E-state index contributed by atoms with van der Waals surface area (Å²) in [5.41, 5.74) is 1.42. The maximum Gasteiger partial charge on any atom is 0.264 e. The van der Waals surface area contributed by atoms with E-state index in [0.717, 1.165) is 33.6 Å². The zero-order valence-corrected chi connectivity index (χ0v) is 18.0. The standard InChI is InChI=1S/C20H25BrN2O3S/c1-3-4-5-14-22-20(24)15-23(18-10-8-17(21)9-11-18)27(25,26)19-12-6-16(2)7-13-19/h6-13H,3-5,14-15H2,1-2H3,(H,22,24). The van der Waals surface area contributed by atoms with E-state index < -0.39 is 10.0 Å².